The average molecular weight is 278 g/mol. The lowest BCUT2D eigenvalue weighted by molar-refractivity contribution is 0.209. The van der Waals surface area contributed by atoms with Crippen molar-refractivity contribution < 1.29 is 8.85 Å². The van der Waals surface area contributed by atoms with Crippen molar-refractivity contribution in [1.29, 1.82) is 0 Å². The zero-order valence-electron chi connectivity index (χ0n) is 10.8. The molecule has 2 aromatic rings. The summed E-state index contributed by atoms with van der Waals surface area (Å²) in [6.45, 7) is 5.38. The molecule has 18 heavy (non-hydrogen) atoms. The number of hydrogen-bond donors (Lipinski definition) is 0. The second-order valence-corrected chi connectivity index (χ2v) is 8.06. The summed E-state index contributed by atoms with van der Waals surface area (Å²) in [5.74, 6) is 0. The summed E-state index contributed by atoms with van der Waals surface area (Å²) in [4.78, 5) is 0. The second-order valence-electron chi connectivity index (χ2n) is 3.83. The topological polar surface area (TPSA) is 18.5 Å². The van der Waals surface area contributed by atoms with Crippen LogP contribution in [0.1, 0.15) is 13.8 Å². The third-order valence-electron chi connectivity index (χ3n) is 2.69. The molecule has 0 fully saturated rings. The van der Waals surface area contributed by atoms with Gasteiger partial charge in [0.15, 0.2) is 0 Å². The summed E-state index contributed by atoms with van der Waals surface area (Å²) in [5.41, 5.74) is 0. The van der Waals surface area contributed by atoms with Crippen LogP contribution < -0.4 is 9.69 Å². The number of hydrogen-bond acceptors (Lipinski definition) is 3. The van der Waals surface area contributed by atoms with Gasteiger partial charge in [-0.2, -0.15) is 0 Å². The molecule has 0 amide bonds. The third kappa shape index (κ3) is 2.57. The van der Waals surface area contributed by atoms with Crippen LogP contribution in [0.4, 0.5) is 0 Å². The van der Waals surface area contributed by atoms with E-state index in [4.69, 9.17) is 8.85 Å². The summed E-state index contributed by atoms with van der Waals surface area (Å²) in [6, 6.07) is 14.5. The molecule has 0 bridgehead atoms. The Morgan fingerprint density at radius 2 is 1.61 bits per heavy atom. The fourth-order valence-electron chi connectivity index (χ4n) is 2.02. The van der Waals surface area contributed by atoms with E-state index < -0.39 is 8.56 Å². The lowest BCUT2D eigenvalue weighted by atomic mass is 10.4. The van der Waals surface area contributed by atoms with Crippen molar-refractivity contribution in [2.45, 2.75) is 13.8 Å². The molecule has 2 nitrogen and oxygen atoms in total. The van der Waals surface area contributed by atoms with E-state index >= 15 is 0 Å². The van der Waals surface area contributed by atoms with Crippen molar-refractivity contribution in [3.8, 4) is 0 Å². The highest BCUT2D eigenvalue weighted by molar-refractivity contribution is 7.25. The van der Waals surface area contributed by atoms with Gasteiger partial charge in [-0.3, -0.25) is 0 Å². The van der Waals surface area contributed by atoms with Crippen LogP contribution in [-0.4, -0.2) is 21.8 Å². The van der Waals surface area contributed by atoms with Gasteiger partial charge in [0.2, 0.25) is 0 Å². The van der Waals surface area contributed by atoms with Gasteiger partial charge in [0, 0.05) is 13.2 Å². The molecule has 96 valence electrons. The second kappa shape index (κ2) is 6.29. The zero-order chi connectivity index (χ0) is 12.8. The first kappa shape index (κ1) is 13.5. The Kier molecular flexibility index (Phi) is 4.71. The molecule has 0 aliphatic rings. The van der Waals surface area contributed by atoms with Gasteiger partial charge in [0.1, 0.15) is 0 Å². The summed E-state index contributed by atoms with van der Waals surface area (Å²) in [5, 5.41) is 3.26. The molecule has 0 saturated carbocycles. The van der Waals surface area contributed by atoms with E-state index in [0.717, 1.165) is 0 Å². The van der Waals surface area contributed by atoms with Crippen LogP contribution in [0.3, 0.4) is 0 Å². The van der Waals surface area contributed by atoms with Crippen LogP contribution >= 0.6 is 11.3 Å². The largest absolute Gasteiger partial charge is 0.417 e. The minimum Gasteiger partial charge on any atom is -0.388 e. The van der Waals surface area contributed by atoms with Gasteiger partial charge in [0.25, 0.3) is 0 Å². The minimum atomic E-state index is -2.48. The predicted octanol–water partition coefficient (Wildman–Crippen LogP) is 2.38. The van der Waals surface area contributed by atoms with Crippen LogP contribution in [-0.2, 0) is 8.85 Å². The molecule has 1 aromatic heterocycles. The summed E-state index contributed by atoms with van der Waals surface area (Å²) < 4.78 is 13.5. The van der Waals surface area contributed by atoms with Crippen molar-refractivity contribution in [2.24, 2.45) is 0 Å². The molecule has 4 heteroatoms. The molecule has 0 aliphatic carbocycles. The quantitative estimate of drug-likeness (QED) is 0.755. The molecule has 0 spiro atoms. The first-order chi connectivity index (χ1) is 8.83. The van der Waals surface area contributed by atoms with Gasteiger partial charge >= 0.3 is 8.56 Å². The molecular formula is C14H18O2SSi. The maximum atomic E-state index is 6.13. The van der Waals surface area contributed by atoms with E-state index in [1.165, 1.54) is 9.69 Å². The summed E-state index contributed by atoms with van der Waals surface area (Å²) in [6.07, 6.45) is 0. The molecule has 0 radical (unpaired) electrons. The Morgan fingerprint density at radius 1 is 0.944 bits per heavy atom. The van der Waals surface area contributed by atoms with E-state index in [1.54, 1.807) is 11.3 Å². The van der Waals surface area contributed by atoms with Gasteiger partial charge in [-0.05, 0) is 30.5 Å². The Hall–Kier alpha value is -0.943. The Bertz CT molecular complexity index is 450. The molecule has 0 atom stereocenters. The number of benzene rings is 1. The third-order valence-corrected chi connectivity index (χ3v) is 7.84. The zero-order valence-corrected chi connectivity index (χ0v) is 12.6. The summed E-state index contributed by atoms with van der Waals surface area (Å²) >= 11 is 1.72. The van der Waals surface area contributed by atoms with E-state index in [1.807, 2.05) is 32.0 Å². The van der Waals surface area contributed by atoms with E-state index in [-0.39, 0.29) is 0 Å². The predicted molar refractivity (Wildman–Crippen MR) is 79.0 cm³/mol. The molecule has 1 aromatic carbocycles. The van der Waals surface area contributed by atoms with Crippen molar-refractivity contribution >= 4 is 29.6 Å². The normalized spacial score (nSPS) is 11.7. The van der Waals surface area contributed by atoms with E-state index in [0.29, 0.717) is 13.2 Å². The van der Waals surface area contributed by atoms with Crippen LogP contribution in [0.5, 0.6) is 0 Å². The van der Waals surface area contributed by atoms with Crippen molar-refractivity contribution in [3.05, 3.63) is 47.8 Å². The SMILES string of the molecule is CCO[Si](OCC)(c1ccccc1)c1cccs1. The smallest absolute Gasteiger partial charge is 0.388 e. The van der Waals surface area contributed by atoms with Crippen LogP contribution in [0.2, 0.25) is 0 Å². The highest BCUT2D eigenvalue weighted by Gasteiger charge is 2.43. The highest BCUT2D eigenvalue weighted by Crippen LogP contribution is 2.13. The first-order valence-corrected chi connectivity index (χ1v) is 8.90. The molecule has 0 unspecified atom stereocenters. The Labute approximate surface area is 113 Å². The van der Waals surface area contributed by atoms with Crippen molar-refractivity contribution in [2.75, 3.05) is 13.2 Å². The average Bonchev–Trinajstić information content (AvgIpc) is 2.94. The Morgan fingerprint density at radius 3 is 2.11 bits per heavy atom. The van der Waals surface area contributed by atoms with Gasteiger partial charge in [-0.25, -0.2) is 0 Å². The van der Waals surface area contributed by atoms with Gasteiger partial charge in [-0.15, -0.1) is 11.3 Å². The fourth-order valence-corrected chi connectivity index (χ4v) is 6.76. The Balaban J connectivity index is 2.50. The first-order valence-electron chi connectivity index (χ1n) is 6.21. The number of thiophene rings is 1. The van der Waals surface area contributed by atoms with Crippen molar-refractivity contribution in [3.63, 3.8) is 0 Å². The molecule has 2 rings (SSSR count). The molecular weight excluding hydrogens is 260 g/mol. The lowest BCUT2D eigenvalue weighted by Gasteiger charge is -2.29. The van der Waals surface area contributed by atoms with E-state index in [9.17, 15) is 0 Å². The maximum Gasteiger partial charge on any atom is 0.417 e. The standard InChI is InChI=1S/C14H18O2SSi/c1-3-15-18(16-4-2,14-11-8-12-17-14)13-9-6-5-7-10-13/h5-12H,3-4H2,1-2H3. The summed E-state index contributed by atoms with van der Waals surface area (Å²) in [7, 11) is -2.48. The van der Waals surface area contributed by atoms with Crippen LogP contribution in [0.25, 0.3) is 0 Å². The molecule has 0 saturated heterocycles. The van der Waals surface area contributed by atoms with Crippen molar-refractivity contribution in [1.82, 2.24) is 0 Å². The van der Waals surface area contributed by atoms with Crippen LogP contribution in [0.15, 0.2) is 47.8 Å². The van der Waals surface area contributed by atoms with Gasteiger partial charge < -0.3 is 8.85 Å². The van der Waals surface area contributed by atoms with Crippen LogP contribution in [0, 0.1) is 0 Å². The molecule has 1 heterocycles. The van der Waals surface area contributed by atoms with E-state index in [2.05, 4.69) is 29.6 Å². The van der Waals surface area contributed by atoms with Gasteiger partial charge in [0.05, 0.1) is 4.50 Å². The monoisotopic (exact) mass is 278 g/mol. The maximum absolute atomic E-state index is 6.13. The lowest BCUT2D eigenvalue weighted by Crippen LogP contribution is -2.62. The molecule has 0 aliphatic heterocycles. The van der Waals surface area contributed by atoms with Gasteiger partial charge in [-0.1, -0.05) is 36.4 Å². The number of rotatable bonds is 6. The fraction of sp³-hybridized carbons (Fsp3) is 0.286. The highest BCUT2D eigenvalue weighted by atomic mass is 32.1. The minimum absolute atomic E-state index is 0.666. The molecule has 0 N–H and O–H groups in total.